The average molecular weight is 169 g/mol. The number of rotatable bonds is 4. The minimum absolute atomic E-state index is 0.0768. The van der Waals surface area contributed by atoms with Crippen molar-refractivity contribution < 1.29 is 17.9 Å². The first-order chi connectivity index (χ1) is 5.06. The van der Waals surface area contributed by atoms with Crippen molar-refractivity contribution in [1.82, 2.24) is 0 Å². The molecule has 0 aliphatic heterocycles. The fraction of sp³-hybridized carbons (Fsp3) is 1.00. The quantitative estimate of drug-likeness (QED) is 0.274. The Hall–Kier alpha value is -0.940. The maximum absolute atomic E-state index is 11.3. The predicted molar refractivity (Wildman–Crippen MR) is 30.9 cm³/mol. The summed E-state index contributed by atoms with van der Waals surface area (Å²) in [4.78, 5) is 2.33. The van der Waals surface area contributed by atoms with Crippen LogP contribution >= 0.6 is 0 Å². The van der Waals surface area contributed by atoms with E-state index < -0.39 is 12.8 Å². The van der Waals surface area contributed by atoms with Gasteiger partial charge >= 0.3 is 6.18 Å². The van der Waals surface area contributed by atoms with Crippen LogP contribution in [0.15, 0.2) is 5.11 Å². The van der Waals surface area contributed by atoms with Gasteiger partial charge in [-0.3, -0.25) is 0 Å². The second-order valence-corrected chi connectivity index (χ2v) is 1.62. The molecular formula is C4H6F3N3O. The van der Waals surface area contributed by atoms with Crippen LogP contribution in [0.1, 0.15) is 0 Å². The van der Waals surface area contributed by atoms with E-state index >= 15 is 0 Å². The number of hydrogen-bond donors (Lipinski definition) is 0. The lowest BCUT2D eigenvalue weighted by Gasteiger charge is -2.04. The van der Waals surface area contributed by atoms with Gasteiger partial charge in [-0.2, -0.15) is 13.2 Å². The van der Waals surface area contributed by atoms with E-state index in [1.165, 1.54) is 0 Å². The molecule has 0 amide bonds. The van der Waals surface area contributed by atoms with Crippen LogP contribution in [0.5, 0.6) is 0 Å². The SMILES string of the molecule is [N-]=[N+]=NCCOCC(F)(F)F. The lowest BCUT2D eigenvalue weighted by molar-refractivity contribution is -0.173. The molecule has 0 saturated carbocycles. The third kappa shape index (κ3) is 9.06. The smallest absolute Gasteiger partial charge is 0.372 e. The molecule has 0 aromatic carbocycles. The molecule has 0 atom stereocenters. The Morgan fingerprint density at radius 2 is 2.09 bits per heavy atom. The molecular weight excluding hydrogens is 163 g/mol. The number of nitrogens with zero attached hydrogens (tertiary/aromatic N) is 3. The molecule has 0 spiro atoms. The molecule has 0 heterocycles. The third-order valence-electron chi connectivity index (χ3n) is 0.665. The van der Waals surface area contributed by atoms with Crippen molar-refractivity contribution in [3.63, 3.8) is 0 Å². The molecule has 4 nitrogen and oxygen atoms in total. The zero-order chi connectivity index (χ0) is 8.74. The Kier molecular flexibility index (Phi) is 4.40. The minimum Gasteiger partial charge on any atom is -0.372 e. The van der Waals surface area contributed by atoms with E-state index in [1.807, 2.05) is 0 Å². The molecule has 0 bridgehead atoms. The summed E-state index contributed by atoms with van der Waals surface area (Å²) >= 11 is 0. The van der Waals surface area contributed by atoms with Crippen LogP contribution < -0.4 is 0 Å². The summed E-state index contributed by atoms with van der Waals surface area (Å²) in [7, 11) is 0. The van der Waals surface area contributed by atoms with Crippen molar-refractivity contribution in [2.75, 3.05) is 19.8 Å². The molecule has 0 radical (unpaired) electrons. The Morgan fingerprint density at radius 3 is 2.55 bits per heavy atom. The number of azide groups is 1. The number of halogens is 3. The van der Waals surface area contributed by atoms with Crippen molar-refractivity contribution in [2.24, 2.45) is 5.11 Å². The van der Waals surface area contributed by atoms with Gasteiger partial charge in [-0.15, -0.1) is 0 Å². The van der Waals surface area contributed by atoms with E-state index in [2.05, 4.69) is 14.8 Å². The molecule has 0 saturated heterocycles. The average Bonchev–Trinajstić information content (AvgIpc) is 1.85. The molecule has 7 heteroatoms. The predicted octanol–water partition coefficient (Wildman–Crippen LogP) is 1.88. The Bertz CT molecular complexity index is 151. The van der Waals surface area contributed by atoms with Gasteiger partial charge in [0.15, 0.2) is 0 Å². The highest BCUT2D eigenvalue weighted by atomic mass is 19.4. The first-order valence-corrected chi connectivity index (χ1v) is 2.71. The lowest BCUT2D eigenvalue weighted by Crippen LogP contribution is -2.17. The molecule has 0 aliphatic rings. The van der Waals surface area contributed by atoms with Crippen LogP contribution in [0, 0.1) is 0 Å². The zero-order valence-corrected chi connectivity index (χ0v) is 5.51. The van der Waals surface area contributed by atoms with E-state index in [1.54, 1.807) is 0 Å². The summed E-state index contributed by atoms with van der Waals surface area (Å²) in [6.45, 7) is -1.58. The van der Waals surface area contributed by atoms with Crippen molar-refractivity contribution in [2.45, 2.75) is 6.18 Å². The molecule has 0 aliphatic carbocycles. The molecule has 0 aromatic heterocycles. The summed E-state index contributed by atoms with van der Waals surface area (Å²) < 4.78 is 38.1. The number of alkyl halides is 3. The fourth-order valence-corrected chi connectivity index (χ4v) is 0.338. The van der Waals surface area contributed by atoms with Gasteiger partial charge in [-0.1, -0.05) is 5.11 Å². The summed E-state index contributed by atoms with van der Waals surface area (Å²) in [6, 6.07) is 0. The van der Waals surface area contributed by atoms with Crippen molar-refractivity contribution in [3.05, 3.63) is 10.4 Å². The highest BCUT2D eigenvalue weighted by Crippen LogP contribution is 2.13. The van der Waals surface area contributed by atoms with Crippen LogP contribution in [0.3, 0.4) is 0 Å². The van der Waals surface area contributed by atoms with Gasteiger partial charge in [0.05, 0.1) is 6.61 Å². The standard InChI is InChI=1S/C4H6F3N3O/c5-4(6,7)3-11-2-1-9-10-8/h1-3H2. The van der Waals surface area contributed by atoms with Crippen molar-refractivity contribution >= 4 is 0 Å². The van der Waals surface area contributed by atoms with Gasteiger partial charge in [0.2, 0.25) is 0 Å². The van der Waals surface area contributed by atoms with Crippen LogP contribution in [0.25, 0.3) is 10.4 Å². The number of hydrogen-bond acceptors (Lipinski definition) is 2. The van der Waals surface area contributed by atoms with Crippen molar-refractivity contribution in [3.8, 4) is 0 Å². The maximum atomic E-state index is 11.3. The molecule has 0 aromatic rings. The number of ether oxygens (including phenoxy) is 1. The molecule has 64 valence electrons. The maximum Gasteiger partial charge on any atom is 0.411 e. The van der Waals surface area contributed by atoms with Crippen LogP contribution in [-0.4, -0.2) is 25.9 Å². The monoisotopic (exact) mass is 169 g/mol. The summed E-state index contributed by atoms with van der Waals surface area (Å²) in [5.41, 5.74) is 7.71. The van der Waals surface area contributed by atoms with Gasteiger partial charge in [0.25, 0.3) is 0 Å². The molecule has 0 N–H and O–H groups in total. The van der Waals surface area contributed by atoms with Gasteiger partial charge < -0.3 is 4.74 Å². The Balaban J connectivity index is 3.21. The third-order valence-corrected chi connectivity index (χ3v) is 0.665. The van der Waals surface area contributed by atoms with E-state index in [-0.39, 0.29) is 13.2 Å². The van der Waals surface area contributed by atoms with Gasteiger partial charge in [-0.05, 0) is 5.53 Å². The summed E-state index contributed by atoms with van der Waals surface area (Å²) in [5, 5.41) is 2.98. The second-order valence-electron chi connectivity index (χ2n) is 1.62. The van der Waals surface area contributed by atoms with Crippen molar-refractivity contribution in [1.29, 1.82) is 0 Å². The molecule has 0 fully saturated rings. The topological polar surface area (TPSA) is 58.0 Å². The summed E-state index contributed by atoms with van der Waals surface area (Å²) in [6.07, 6.45) is -4.31. The highest BCUT2D eigenvalue weighted by molar-refractivity contribution is 4.48. The van der Waals surface area contributed by atoms with E-state index in [9.17, 15) is 13.2 Å². The first kappa shape index (κ1) is 10.1. The minimum atomic E-state index is -4.31. The normalized spacial score (nSPS) is 10.8. The lowest BCUT2D eigenvalue weighted by atomic mass is 10.7. The van der Waals surface area contributed by atoms with Gasteiger partial charge in [0.1, 0.15) is 6.61 Å². The van der Waals surface area contributed by atoms with Crippen LogP contribution in [0.2, 0.25) is 0 Å². The Labute approximate surface area is 60.6 Å². The van der Waals surface area contributed by atoms with Gasteiger partial charge in [0, 0.05) is 11.5 Å². The summed E-state index contributed by atoms with van der Waals surface area (Å²) in [5.74, 6) is 0. The first-order valence-electron chi connectivity index (χ1n) is 2.71. The van der Waals surface area contributed by atoms with Crippen LogP contribution in [0.4, 0.5) is 13.2 Å². The molecule has 11 heavy (non-hydrogen) atoms. The van der Waals surface area contributed by atoms with Crippen LogP contribution in [-0.2, 0) is 4.74 Å². The van der Waals surface area contributed by atoms with E-state index in [4.69, 9.17) is 5.53 Å². The Morgan fingerprint density at radius 1 is 1.45 bits per heavy atom. The molecule has 0 unspecified atom stereocenters. The zero-order valence-electron chi connectivity index (χ0n) is 5.51. The fourth-order valence-electron chi connectivity index (χ4n) is 0.338. The van der Waals surface area contributed by atoms with E-state index in [0.29, 0.717) is 0 Å². The van der Waals surface area contributed by atoms with Gasteiger partial charge in [-0.25, -0.2) is 0 Å². The second kappa shape index (κ2) is 4.81. The highest BCUT2D eigenvalue weighted by Gasteiger charge is 2.26. The largest absolute Gasteiger partial charge is 0.411 e. The molecule has 0 rings (SSSR count). The van der Waals surface area contributed by atoms with E-state index in [0.717, 1.165) is 0 Å².